The van der Waals surface area contributed by atoms with E-state index in [2.05, 4.69) is 5.32 Å². The van der Waals surface area contributed by atoms with Crippen molar-refractivity contribution < 1.29 is 9.53 Å². The van der Waals surface area contributed by atoms with Gasteiger partial charge in [-0.3, -0.25) is 4.79 Å². The number of nitrogens with zero attached hydrogens (tertiary/aromatic N) is 1. The maximum Gasteiger partial charge on any atom is 0.263 e. The molecule has 0 saturated carbocycles. The fraction of sp³-hybridized carbons (Fsp3) is 0.533. The third-order valence-electron chi connectivity index (χ3n) is 3.10. The smallest absolute Gasteiger partial charge is 0.263 e. The molecule has 1 aromatic carbocycles. The third-order valence-corrected chi connectivity index (χ3v) is 3.40. The van der Waals surface area contributed by atoms with E-state index in [1.807, 2.05) is 33.0 Å². The molecule has 0 heterocycles. The van der Waals surface area contributed by atoms with Crippen LogP contribution in [0.4, 0.5) is 0 Å². The molecule has 1 amide bonds. The molecule has 0 saturated heterocycles. The number of likely N-dealkylation sites (N-methyl/N-ethyl adjacent to an activating group) is 1. The summed E-state index contributed by atoms with van der Waals surface area (Å²) >= 11 is 6.18. The van der Waals surface area contributed by atoms with Crippen molar-refractivity contribution in [1.82, 2.24) is 10.2 Å². The van der Waals surface area contributed by atoms with Gasteiger partial charge in [-0.2, -0.15) is 0 Å². The van der Waals surface area contributed by atoms with Crippen LogP contribution in [0.2, 0.25) is 5.02 Å². The Labute approximate surface area is 126 Å². The van der Waals surface area contributed by atoms with Gasteiger partial charge < -0.3 is 15.0 Å². The Kier molecular flexibility index (Phi) is 6.82. The SMILES string of the molecule is CCN(CC)C(=O)C(C)Oc1ccc(CNC)cc1Cl. The van der Waals surface area contributed by atoms with Crippen LogP contribution in [0.15, 0.2) is 18.2 Å². The minimum atomic E-state index is -0.539. The lowest BCUT2D eigenvalue weighted by Crippen LogP contribution is -2.40. The van der Waals surface area contributed by atoms with Gasteiger partial charge in [0, 0.05) is 19.6 Å². The first kappa shape index (κ1) is 16.8. The molecule has 4 nitrogen and oxygen atoms in total. The van der Waals surface area contributed by atoms with Crippen molar-refractivity contribution in [2.75, 3.05) is 20.1 Å². The molecule has 20 heavy (non-hydrogen) atoms. The molecule has 1 aromatic rings. The highest BCUT2D eigenvalue weighted by molar-refractivity contribution is 6.32. The Hall–Kier alpha value is -1.26. The van der Waals surface area contributed by atoms with Gasteiger partial charge in [0.1, 0.15) is 5.75 Å². The number of hydrogen-bond acceptors (Lipinski definition) is 3. The minimum absolute atomic E-state index is 0.0228. The Morgan fingerprint density at radius 2 is 2.05 bits per heavy atom. The summed E-state index contributed by atoms with van der Waals surface area (Å²) in [6.45, 7) is 7.75. The van der Waals surface area contributed by atoms with Crippen molar-refractivity contribution >= 4 is 17.5 Å². The molecule has 0 fully saturated rings. The van der Waals surface area contributed by atoms with Gasteiger partial charge >= 0.3 is 0 Å². The van der Waals surface area contributed by atoms with E-state index in [0.29, 0.717) is 23.9 Å². The van der Waals surface area contributed by atoms with E-state index in [4.69, 9.17) is 16.3 Å². The maximum atomic E-state index is 12.1. The van der Waals surface area contributed by atoms with Gasteiger partial charge in [-0.1, -0.05) is 17.7 Å². The van der Waals surface area contributed by atoms with Gasteiger partial charge in [0.05, 0.1) is 5.02 Å². The molecule has 112 valence electrons. The van der Waals surface area contributed by atoms with Gasteiger partial charge in [-0.15, -0.1) is 0 Å². The summed E-state index contributed by atoms with van der Waals surface area (Å²) in [6, 6.07) is 5.59. The lowest BCUT2D eigenvalue weighted by molar-refractivity contribution is -0.137. The monoisotopic (exact) mass is 298 g/mol. The second-order valence-corrected chi connectivity index (χ2v) is 4.97. The number of nitrogens with one attached hydrogen (secondary N) is 1. The van der Waals surface area contributed by atoms with E-state index in [1.54, 1.807) is 17.9 Å². The molecule has 0 aliphatic heterocycles. The molecular weight excluding hydrogens is 276 g/mol. The number of amides is 1. The predicted octanol–water partition coefficient (Wildman–Crippen LogP) is 2.70. The highest BCUT2D eigenvalue weighted by Gasteiger charge is 2.20. The van der Waals surface area contributed by atoms with Crippen LogP contribution < -0.4 is 10.1 Å². The summed E-state index contributed by atoms with van der Waals surface area (Å²) in [6.07, 6.45) is -0.539. The number of halogens is 1. The largest absolute Gasteiger partial charge is 0.479 e. The first-order chi connectivity index (χ1) is 9.53. The summed E-state index contributed by atoms with van der Waals surface area (Å²) in [4.78, 5) is 13.9. The molecule has 0 aliphatic carbocycles. The molecule has 1 atom stereocenters. The molecule has 0 spiro atoms. The highest BCUT2D eigenvalue weighted by atomic mass is 35.5. The third kappa shape index (κ3) is 4.39. The predicted molar refractivity (Wildman–Crippen MR) is 82.2 cm³/mol. The molecule has 0 radical (unpaired) electrons. The second-order valence-electron chi connectivity index (χ2n) is 4.57. The van der Waals surface area contributed by atoms with Crippen molar-refractivity contribution in [1.29, 1.82) is 0 Å². The van der Waals surface area contributed by atoms with Crippen LogP contribution in [0, 0.1) is 0 Å². The molecule has 0 aliphatic rings. The second kappa shape index (κ2) is 8.12. The van der Waals surface area contributed by atoms with Gasteiger partial charge in [-0.25, -0.2) is 0 Å². The van der Waals surface area contributed by atoms with Crippen LogP contribution in [0.5, 0.6) is 5.75 Å². The maximum absolute atomic E-state index is 12.1. The lowest BCUT2D eigenvalue weighted by atomic mass is 10.2. The van der Waals surface area contributed by atoms with Gasteiger partial charge in [0.25, 0.3) is 5.91 Å². The summed E-state index contributed by atoms with van der Waals surface area (Å²) in [7, 11) is 1.88. The van der Waals surface area contributed by atoms with Crippen molar-refractivity contribution in [3.8, 4) is 5.75 Å². The normalized spacial score (nSPS) is 12.1. The summed E-state index contributed by atoms with van der Waals surface area (Å²) in [5.41, 5.74) is 1.08. The highest BCUT2D eigenvalue weighted by Crippen LogP contribution is 2.26. The van der Waals surface area contributed by atoms with Crippen LogP contribution in [0.3, 0.4) is 0 Å². The van der Waals surface area contributed by atoms with Gasteiger partial charge in [0.15, 0.2) is 6.10 Å². The van der Waals surface area contributed by atoms with Crippen LogP contribution in [0.1, 0.15) is 26.3 Å². The average molecular weight is 299 g/mol. The molecule has 0 aromatic heterocycles. The summed E-state index contributed by atoms with van der Waals surface area (Å²) < 4.78 is 5.68. The molecule has 0 bridgehead atoms. The fourth-order valence-electron chi connectivity index (χ4n) is 1.99. The Balaban J connectivity index is 2.75. The fourth-order valence-corrected chi connectivity index (χ4v) is 2.23. The first-order valence-corrected chi connectivity index (χ1v) is 7.29. The van der Waals surface area contributed by atoms with E-state index in [9.17, 15) is 4.79 Å². The quantitative estimate of drug-likeness (QED) is 0.841. The number of hydrogen-bond donors (Lipinski definition) is 1. The van der Waals surface area contributed by atoms with Crippen LogP contribution in [-0.2, 0) is 11.3 Å². The molecule has 1 unspecified atom stereocenters. The molecule has 1 N–H and O–H groups in total. The number of rotatable bonds is 7. The number of ether oxygens (including phenoxy) is 1. The van der Waals surface area contributed by atoms with Crippen molar-refractivity contribution in [3.63, 3.8) is 0 Å². The Morgan fingerprint density at radius 3 is 2.55 bits per heavy atom. The van der Waals surface area contributed by atoms with Crippen molar-refractivity contribution in [2.24, 2.45) is 0 Å². The molecular formula is C15H23ClN2O2. The zero-order chi connectivity index (χ0) is 15.1. The summed E-state index contributed by atoms with van der Waals surface area (Å²) in [5, 5.41) is 3.58. The first-order valence-electron chi connectivity index (χ1n) is 6.91. The van der Waals surface area contributed by atoms with Crippen molar-refractivity contribution in [3.05, 3.63) is 28.8 Å². The van der Waals surface area contributed by atoms with E-state index >= 15 is 0 Å². The van der Waals surface area contributed by atoms with E-state index in [-0.39, 0.29) is 5.91 Å². The zero-order valence-electron chi connectivity index (χ0n) is 12.6. The standard InChI is InChI=1S/C15H23ClN2O2/c1-5-18(6-2)15(19)11(3)20-14-8-7-12(10-17-4)9-13(14)16/h7-9,11,17H,5-6,10H2,1-4H3. The van der Waals surface area contributed by atoms with Crippen LogP contribution >= 0.6 is 11.6 Å². The molecule has 5 heteroatoms. The number of carbonyl (C=O) groups excluding carboxylic acids is 1. The van der Waals surface area contributed by atoms with E-state index < -0.39 is 6.10 Å². The average Bonchev–Trinajstić information content (AvgIpc) is 2.43. The van der Waals surface area contributed by atoms with Gasteiger partial charge in [-0.05, 0) is 45.5 Å². The van der Waals surface area contributed by atoms with Crippen molar-refractivity contribution in [2.45, 2.75) is 33.4 Å². The topological polar surface area (TPSA) is 41.6 Å². The van der Waals surface area contributed by atoms with Crippen LogP contribution in [0.25, 0.3) is 0 Å². The van der Waals surface area contributed by atoms with Gasteiger partial charge in [0.2, 0.25) is 0 Å². The Bertz CT molecular complexity index is 447. The lowest BCUT2D eigenvalue weighted by Gasteiger charge is -2.23. The minimum Gasteiger partial charge on any atom is -0.479 e. The number of benzene rings is 1. The van der Waals surface area contributed by atoms with E-state index in [1.165, 1.54) is 0 Å². The number of carbonyl (C=O) groups is 1. The zero-order valence-corrected chi connectivity index (χ0v) is 13.3. The van der Waals surface area contributed by atoms with E-state index in [0.717, 1.165) is 12.1 Å². The summed E-state index contributed by atoms with van der Waals surface area (Å²) in [5.74, 6) is 0.518. The molecule has 1 rings (SSSR count). The Morgan fingerprint density at radius 1 is 1.40 bits per heavy atom. The van der Waals surface area contributed by atoms with Crippen LogP contribution in [-0.4, -0.2) is 37.0 Å².